The van der Waals surface area contributed by atoms with Crippen LogP contribution >= 0.6 is 0 Å². The van der Waals surface area contributed by atoms with E-state index in [9.17, 15) is 4.39 Å². The highest BCUT2D eigenvalue weighted by Gasteiger charge is 2.20. The number of aromatic nitrogens is 1. The molecule has 1 fully saturated rings. The summed E-state index contributed by atoms with van der Waals surface area (Å²) in [6.07, 6.45) is 6.84. The zero-order chi connectivity index (χ0) is 13.9. The van der Waals surface area contributed by atoms with Gasteiger partial charge in [0, 0.05) is 11.8 Å². The maximum atomic E-state index is 13.9. The maximum absolute atomic E-state index is 13.9. The molecular weight excluding hydrogens is 251 g/mol. The Morgan fingerprint density at radius 1 is 1.20 bits per heavy atom. The summed E-state index contributed by atoms with van der Waals surface area (Å²) in [4.78, 5) is 3.81. The first-order chi connectivity index (χ1) is 9.79. The van der Waals surface area contributed by atoms with Gasteiger partial charge in [0.1, 0.15) is 5.82 Å². The van der Waals surface area contributed by atoms with Crippen molar-refractivity contribution < 1.29 is 4.39 Å². The van der Waals surface area contributed by atoms with Gasteiger partial charge in [-0.1, -0.05) is 30.7 Å². The van der Waals surface area contributed by atoms with Gasteiger partial charge in [-0.15, -0.1) is 0 Å². The van der Waals surface area contributed by atoms with Crippen LogP contribution in [0.15, 0.2) is 42.7 Å². The lowest BCUT2D eigenvalue weighted by molar-refractivity contribution is 0.419. The van der Waals surface area contributed by atoms with Crippen LogP contribution in [0.1, 0.15) is 47.9 Å². The molecule has 104 valence electrons. The second-order valence-corrected chi connectivity index (χ2v) is 5.41. The van der Waals surface area contributed by atoms with Crippen LogP contribution in [0.2, 0.25) is 0 Å². The quantitative estimate of drug-likeness (QED) is 0.914. The van der Waals surface area contributed by atoms with Crippen LogP contribution in [0.5, 0.6) is 0 Å². The Morgan fingerprint density at radius 3 is 2.50 bits per heavy atom. The van der Waals surface area contributed by atoms with Gasteiger partial charge in [0.2, 0.25) is 0 Å². The standard InChI is InChI=1S/C17H19FN2/c1-19-17(15-9-10-20-11-16(15)18)14-7-5-13(6-8-14)12-3-2-4-12/h5-12,17,19H,2-4H2,1H3. The molecule has 0 amide bonds. The number of pyridine rings is 1. The summed E-state index contributed by atoms with van der Waals surface area (Å²) in [5.41, 5.74) is 3.13. The SMILES string of the molecule is CNC(c1ccc(C2CCC2)cc1)c1ccncc1F. The number of halogens is 1. The number of nitrogens with zero attached hydrogens (tertiary/aromatic N) is 1. The third kappa shape index (κ3) is 2.46. The molecule has 2 nitrogen and oxygen atoms in total. The minimum Gasteiger partial charge on any atom is -0.309 e. The van der Waals surface area contributed by atoms with Gasteiger partial charge < -0.3 is 5.32 Å². The number of benzene rings is 1. The highest BCUT2D eigenvalue weighted by molar-refractivity contribution is 5.34. The normalized spacial score (nSPS) is 16.7. The Labute approximate surface area is 119 Å². The number of hydrogen-bond donors (Lipinski definition) is 1. The second kappa shape index (κ2) is 5.71. The molecule has 1 heterocycles. The lowest BCUT2D eigenvalue weighted by Gasteiger charge is -2.26. The van der Waals surface area contributed by atoms with E-state index in [1.807, 2.05) is 7.05 Å². The van der Waals surface area contributed by atoms with Gasteiger partial charge in [0.15, 0.2) is 0 Å². The van der Waals surface area contributed by atoms with E-state index in [2.05, 4.69) is 34.6 Å². The van der Waals surface area contributed by atoms with Gasteiger partial charge in [-0.3, -0.25) is 4.98 Å². The Hall–Kier alpha value is -1.74. The van der Waals surface area contributed by atoms with Crippen LogP contribution in [0.4, 0.5) is 4.39 Å². The van der Waals surface area contributed by atoms with Gasteiger partial charge >= 0.3 is 0 Å². The van der Waals surface area contributed by atoms with Gasteiger partial charge in [-0.2, -0.15) is 0 Å². The molecule has 1 saturated carbocycles. The first kappa shape index (κ1) is 13.3. The summed E-state index contributed by atoms with van der Waals surface area (Å²) in [7, 11) is 1.85. The maximum Gasteiger partial charge on any atom is 0.146 e. The molecule has 1 N–H and O–H groups in total. The van der Waals surface area contributed by atoms with Crippen molar-refractivity contribution >= 4 is 0 Å². The molecule has 1 aliphatic carbocycles. The fraction of sp³-hybridized carbons (Fsp3) is 0.353. The van der Waals surface area contributed by atoms with Crippen molar-refractivity contribution in [2.45, 2.75) is 31.2 Å². The molecule has 1 aliphatic rings. The molecule has 1 aromatic heterocycles. The molecule has 20 heavy (non-hydrogen) atoms. The van der Waals surface area contributed by atoms with E-state index in [-0.39, 0.29) is 11.9 Å². The monoisotopic (exact) mass is 270 g/mol. The highest BCUT2D eigenvalue weighted by atomic mass is 19.1. The lowest BCUT2D eigenvalue weighted by Crippen LogP contribution is -2.19. The average Bonchev–Trinajstić information content (AvgIpc) is 2.41. The van der Waals surface area contributed by atoms with Crippen LogP contribution < -0.4 is 5.32 Å². The number of rotatable bonds is 4. The first-order valence-corrected chi connectivity index (χ1v) is 7.16. The highest BCUT2D eigenvalue weighted by Crippen LogP contribution is 2.36. The molecule has 0 spiro atoms. The van der Waals surface area contributed by atoms with E-state index in [1.165, 1.54) is 31.0 Å². The number of hydrogen-bond acceptors (Lipinski definition) is 2. The minimum absolute atomic E-state index is 0.131. The van der Waals surface area contributed by atoms with Gasteiger partial charge in [-0.25, -0.2) is 4.39 Å². The van der Waals surface area contributed by atoms with E-state index < -0.39 is 0 Å². The third-order valence-corrected chi connectivity index (χ3v) is 4.25. The van der Waals surface area contributed by atoms with Crippen LogP contribution in [0.25, 0.3) is 0 Å². The summed E-state index contributed by atoms with van der Waals surface area (Å²) in [5, 5.41) is 3.18. The fourth-order valence-corrected chi connectivity index (χ4v) is 2.82. The van der Waals surface area contributed by atoms with Crippen molar-refractivity contribution in [1.29, 1.82) is 0 Å². The molecule has 0 aliphatic heterocycles. The van der Waals surface area contributed by atoms with E-state index in [0.717, 1.165) is 11.5 Å². The van der Waals surface area contributed by atoms with Crippen LogP contribution in [0, 0.1) is 5.82 Å². The Bertz CT molecular complexity index is 576. The smallest absolute Gasteiger partial charge is 0.146 e. The van der Waals surface area contributed by atoms with E-state index >= 15 is 0 Å². The van der Waals surface area contributed by atoms with E-state index in [1.54, 1.807) is 12.3 Å². The van der Waals surface area contributed by atoms with E-state index in [4.69, 9.17) is 0 Å². The zero-order valence-electron chi connectivity index (χ0n) is 11.6. The minimum atomic E-state index is -0.269. The van der Waals surface area contributed by atoms with Crippen LogP contribution in [-0.4, -0.2) is 12.0 Å². The molecule has 3 rings (SSSR count). The largest absolute Gasteiger partial charge is 0.309 e. The molecule has 1 atom stereocenters. The Morgan fingerprint density at radius 2 is 1.95 bits per heavy atom. The van der Waals surface area contributed by atoms with Crippen LogP contribution in [-0.2, 0) is 0 Å². The Balaban J connectivity index is 1.87. The summed E-state index contributed by atoms with van der Waals surface area (Å²) in [6, 6.07) is 10.2. The second-order valence-electron chi connectivity index (χ2n) is 5.41. The van der Waals surface area contributed by atoms with Crippen molar-refractivity contribution in [3.8, 4) is 0 Å². The molecule has 3 heteroatoms. The summed E-state index contributed by atoms with van der Waals surface area (Å²) in [5.74, 6) is 0.463. The topological polar surface area (TPSA) is 24.9 Å². The molecule has 0 saturated heterocycles. The summed E-state index contributed by atoms with van der Waals surface area (Å²) in [6.45, 7) is 0. The van der Waals surface area contributed by atoms with Crippen molar-refractivity contribution in [3.05, 3.63) is 65.2 Å². The lowest BCUT2D eigenvalue weighted by atomic mass is 9.79. The van der Waals surface area contributed by atoms with E-state index in [0.29, 0.717) is 5.56 Å². The summed E-state index contributed by atoms with van der Waals surface area (Å²) >= 11 is 0. The van der Waals surface area contributed by atoms with Crippen molar-refractivity contribution in [3.63, 3.8) is 0 Å². The molecule has 1 aromatic carbocycles. The molecular formula is C17H19FN2. The zero-order valence-corrected chi connectivity index (χ0v) is 11.6. The predicted molar refractivity (Wildman–Crippen MR) is 78.1 cm³/mol. The average molecular weight is 270 g/mol. The predicted octanol–water partition coefficient (Wildman–Crippen LogP) is 3.80. The Kier molecular flexibility index (Phi) is 3.79. The number of nitrogens with one attached hydrogen (secondary N) is 1. The van der Waals surface area contributed by atoms with Crippen LogP contribution in [0.3, 0.4) is 0 Å². The molecule has 0 radical (unpaired) electrons. The first-order valence-electron chi connectivity index (χ1n) is 7.16. The van der Waals surface area contributed by atoms with Gasteiger partial charge in [0.25, 0.3) is 0 Å². The fourth-order valence-electron chi connectivity index (χ4n) is 2.82. The summed E-state index contributed by atoms with van der Waals surface area (Å²) < 4.78 is 13.9. The third-order valence-electron chi connectivity index (χ3n) is 4.25. The van der Waals surface area contributed by atoms with Gasteiger partial charge in [0.05, 0.1) is 12.2 Å². The molecule has 1 unspecified atom stereocenters. The van der Waals surface area contributed by atoms with Crippen molar-refractivity contribution in [2.75, 3.05) is 7.05 Å². The molecule has 2 aromatic rings. The van der Waals surface area contributed by atoms with Crippen molar-refractivity contribution in [2.24, 2.45) is 0 Å². The van der Waals surface area contributed by atoms with Gasteiger partial charge in [-0.05, 0) is 43.0 Å². The molecule has 0 bridgehead atoms. The van der Waals surface area contributed by atoms with Crippen molar-refractivity contribution in [1.82, 2.24) is 10.3 Å².